The molecule has 5 heteroatoms. The summed E-state index contributed by atoms with van der Waals surface area (Å²) in [6.45, 7) is 13.8. The number of sulfonamides is 1. The molecule has 0 saturated heterocycles. The van der Waals surface area contributed by atoms with Crippen LogP contribution in [-0.2, 0) is 10.0 Å². The molecule has 1 aromatic carbocycles. The summed E-state index contributed by atoms with van der Waals surface area (Å²) in [5.74, 6) is 0. The van der Waals surface area contributed by atoms with Crippen LogP contribution < -0.4 is 10.5 Å². The van der Waals surface area contributed by atoms with Crippen LogP contribution in [0.1, 0.15) is 52.2 Å². The number of hydrogen-bond donors (Lipinski definition) is 2. The first-order valence-electron chi connectivity index (χ1n) is 7.14. The van der Waals surface area contributed by atoms with Gasteiger partial charge < -0.3 is 5.73 Å². The number of anilines is 1. The van der Waals surface area contributed by atoms with Crippen LogP contribution in [0.5, 0.6) is 0 Å². The Morgan fingerprint density at radius 1 is 1.10 bits per heavy atom. The van der Waals surface area contributed by atoms with Crippen molar-refractivity contribution < 1.29 is 8.42 Å². The molecule has 0 aromatic heterocycles. The third kappa shape index (κ3) is 5.00. The zero-order valence-corrected chi connectivity index (χ0v) is 15.0. The van der Waals surface area contributed by atoms with Gasteiger partial charge in [-0.25, -0.2) is 13.1 Å². The minimum absolute atomic E-state index is 0.0360. The summed E-state index contributed by atoms with van der Waals surface area (Å²) in [4.78, 5) is 0.227. The lowest BCUT2D eigenvalue weighted by Crippen LogP contribution is -2.45. The molecule has 4 nitrogen and oxygen atoms in total. The SMILES string of the molecule is Cc1cc(S(=O)(=O)NC(C)(C)CC(C)(C)C)cc(N)c1C. The van der Waals surface area contributed by atoms with Crippen LogP contribution in [0.2, 0.25) is 0 Å². The molecule has 120 valence electrons. The summed E-state index contributed by atoms with van der Waals surface area (Å²) < 4.78 is 28.0. The van der Waals surface area contributed by atoms with Gasteiger partial charge in [0.1, 0.15) is 0 Å². The van der Waals surface area contributed by atoms with E-state index in [0.717, 1.165) is 17.5 Å². The molecular weight excluding hydrogens is 284 g/mol. The van der Waals surface area contributed by atoms with Gasteiger partial charge in [-0.3, -0.25) is 0 Å². The van der Waals surface area contributed by atoms with E-state index < -0.39 is 15.6 Å². The van der Waals surface area contributed by atoms with E-state index in [2.05, 4.69) is 25.5 Å². The van der Waals surface area contributed by atoms with E-state index in [9.17, 15) is 8.42 Å². The molecule has 1 aromatic rings. The normalized spacial score (nSPS) is 13.5. The molecule has 0 radical (unpaired) electrons. The molecule has 0 saturated carbocycles. The number of nitrogens with one attached hydrogen (secondary N) is 1. The van der Waals surface area contributed by atoms with Crippen LogP contribution in [0.4, 0.5) is 5.69 Å². The largest absolute Gasteiger partial charge is 0.398 e. The smallest absolute Gasteiger partial charge is 0.241 e. The van der Waals surface area contributed by atoms with Crippen molar-refractivity contribution in [3.63, 3.8) is 0 Å². The quantitative estimate of drug-likeness (QED) is 0.837. The fraction of sp³-hybridized carbons (Fsp3) is 0.625. The van der Waals surface area contributed by atoms with E-state index in [1.165, 1.54) is 6.07 Å². The second-order valence-electron chi connectivity index (χ2n) is 7.68. The van der Waals surface area contributed by atoms with Crippen LogP contribution in [0.3, 0.4) is 0 Å². The van der Waals surface area contributed by atoms with E-state index in [0.29, 0.717) is 5.69 Å². The molecule has 0 bridgehead atoms. The molecule has 0 aliphatic carbocycles. The lowest BCUT2D eigenvalue weighted by Gasteiger charge is -2.33. The van der Waals surface area contributed by atoms with Crippen LogP contribution in [-0.4, -0.2) is 14.0 Å². The zero-order valence-electron chi connectivity index (χ0n) is 14.2. The van der Waals surface area contributed by atoms with Gasteiger partial charge in [0.2, 0.25) is 10.0 Å². The summed E-state index contributed by atoms with van der Waals surface area (Å²) >= 11 is 0. The highest BCUT2D eigenvalue weighted by atomic mass is 32.2. The molecule has 3 N–H and O–H groups in total. The Labute approximate surface area is 129 Å². The van der Waals surface area contributed by atoms with E-state index in [1.807, 2.05) is 27.7 Å². The topological polar surface area (TPSA) is 72.2 Å². The van der Waals surface area contributed by atoms with E-state index in [-0.39, 0.29) is 10.3 Å². The molecule has 1 rings (SSSR count). The molecule has 0 unspecified atom stereocenters. The third-order valence-electron chi connectivity index (χ3n) is 3.37. The summed E-state index contributed by atoms with van der Waals surface area (Å²) in [5.41, 5.74) is 7.71. The molecule has 0 atom stereocenters. The second kappa shape index (κ2) is 5.61. The maximum atomic E-state index is 12.6. The number of nitrogen functional groups attached to an aromatic ring is 1. The lowest BCUT2D eigenvalue weighted by atomic mass is 9.82. The maximum absolute atomic E-state index is 12.6. The predicted octanol–water partition coefficient (Wildman–Crippen LogP) is 3.38. The van der Waals surface area contributed by atoms with Gasteiger partial charge in [0.05, 0.1) is 4.90 Å². The molecule has 0 aliphatic heterocycles. The minimum atomic E-state index is -3.58. The van der Waals surface area contributed by atoms with Crippen molar-refractivity contribution in [2.24, 2.45) is 5.41 Å². The van der Waals surface area contributed by atoms with Gasteiger partial charge in [0, 0.05) is 11.2 Å². The number of aryl methyl sites for hydroxylation is 1. The van der Waals surface area contributed by atoms with Crippen molar-refractivity contribution in [1.29, 1.82) is 0 Å². The minimum Gasteiger partial charge on any atom is -0.398 e. The van der Waals surface area contributed by atoms with E-state index >= 15 is 0 Å². The van der Waals surface area contributed by atoms with Gasteiger partial charge in [-0.1, -0.05) is 20.8 Å². The molecule has 0 amide bonds. The van der Waals surface area contributed by atoms with Gasteiger partial charge in [0.25, 0.3) is 0 Å². The third-order valence-corrected chi connectivity index (χ3v) is 5.05. The fourth-order valence-corrected chi connectivity index (χ4v) is 4.32. The average molecular weight is 312 g/mol. The molecule has 0 aliphatic rings. The first kappa shape index (κ1) is 18.0. The highest BCUT2D eigenvalue weighted by Gasteiger charge is 2.30. The first-order valence-corrected chi connectivity index (χ1v) is 8.63. The van der Waals surface area contributed by atoms with Crippen molar-refractivity contribution >= 4 is 15.7 Å². The fourth-order valence-electron chi connectivity index (χ4n) is 2.79. The Balaban J connectivity index is 3.13. The average Bonchev–Trinajstić information content (AvgIpc) is 2.19. The van der Waals surface area contributed by atoms with Crippen molar-refractivity contribution in [2.45, 2.75) is 65.3 Å². The number of nitrogens with two attached hydrogens (primary N) is 1. The van der Waals surface area contributed by atoms with Crippen molar-refractivity contribution in [2.75, 3.05) is 5.73 Å². The van der Waals surface area contributed by atoms with Crippen LogP contribution in [0.15, 0.2) is 17.0 Å². The highest BCUT2D eigenvalue weighted by Crippen LogP contribution is 2.29. The number of hydrogen-bond acceptors (Lipinski definition) is 3. The Morgan fingerprint density at radius 3 is 2.05 bits per heavy atom. The standard InChI is InChI=1S/C16H28N2O2S/c1-11-8-13(9-14(17)12(11)2)21(19,20)18-16(6,7)10-15(3,4)5/h8-9,18H,10,17H2,1-7H3. The van der Waals surface area contributed by atoms with Gasteiger partial charge in [-0.15, -0.1) is 0 Å². The Kier molecular flexibility index (Phi) is 4.81. The summed E-state index contributed by atoms with van der Waals surface area (Å²) in [5, 5.41) is 0. The zero-order chi connectivity index (χ0) is 16.6. The van der Waals surface area contributed by atoms with Gasteiger partial charge in [-0.05, 0) is 62.8 Å². The Bertz CT molecular complexity index is 603. The molecule has 0 heterocycles. The van der Waals surface area contributed by atoms with Crippen LogP contribution >= 0.6 is 0 Å². The molecule has 0 fully saturated rings. The monoisotopic (exact) mass is 312 g/mol. The van der Waals surface area contributed by atoms with Crippen molar-refractivity contribution in [1.82, 2.24) is 4.72 Å². The van der Waals surface area contributed by atoms with Crippen molar-refractivity contribution in [3.05, 3.63) is 23.3 Å². The van der Waals surface area contributed by atoms with Crippen molar-refractivity contribution in [3.8, 4) is 0 Å². The Morgan fingerprint density at radius 2 is 1.62 bits per heavy atom. The predicted molar refractivity (Wildman–Crippen MR) is 88.8 cm³/mol. The van der Waals surface area contributed by atoms with Gasteiger partial charge in [-0.2, -0.15) is 0 Å². The van der Waals surface area contributed by atoms with Crippen LogP contribution in [0, 0.1) is 19.3 Å². The van der Waals surface area contributed by atoms with Gasteiger partial charge >= 0.3 is 0 Å². The van der Waals surface area contributed by atoms with E-state index in [4.69, 9.17) is 5.73 Å². The number of rotatable bonds is 4. The lowest BCUT2D eigenvalue weighted by molar-refractivity contribution is 0.269. The molecule has 21 heavy (non-hydrogen) atoms. The summed E-state index contributed by atoms with van der Waals surface area (Å²) in [6, 6.07) is 3.19. The molecular formula is C16H28N2O2S. The highest BCUT2D eigenvalue weighted by molar-refractivity contribution is 7.89. The van der Waals surface area contributed by atoms with Crippen LogP contribution in [0.25, 0.3) is 0 Å². The number of benzene rings is 1. The maximum Gasteiger partial charge on any atom is 0.241 e. The second-order valence-corrected chi connectivity index (χ2v) is 9.36. The Hall–Kier alpha value is -1.07. The van der Waals surface area contributed by atoms with Gasteiger partial charge in [0.15, 0.2) is 0 Å². The summed E-state index contributed by atoms with van der Waals surface area (Å²) in [7, 11) is -3.58. The first-order chi connectivity index (χ1) is 9.23. The summed E-state index contributed by atoms with van der Waals surface area (Å²) in [6.07, 6.45) is 0.736. The molecule has 0 spiro atoms. The van der Waals surface area contributed by atoms with E-state index in [1.54, 1.807) is 6.07 Å².